The number of nitrogens with one attached hydrogen (secondary N) is 1. The minimum atomic E-state index is 0.257. The number of pyridine rings is 2. The predicted octanol–water partition coefficient (Wildman–Crippen LogP) is 5.70. The van der Waals surface area contributed by atoms with Gasteiger partial charge in [0.15, 0.2) is 0 Å². The average Bonchev–Trinajstić information content (AvgIpc) is 3.29. The van der Waals surface area contributed by atoms with E-state index in [9.17, 15) is 0 Å². The highest BCUT2D eigenvalue weighted by molar-refractivity contribution is 5.89. The number of likely N-dealkylation sites (N-methyl/N-ethyl adjacent to an activating group) is 1. The number of nitrogen functional groups attached to an aromatic ring is 1. The molecule has 3 N–H and O–H groups in total. The van der Waals surface area contributed by atoms with Gasteiger partial charge in [0.2, 0.25) is 0 Å². The van der Waals surface area contributed by atoms with Crippen LogP contribution in [0.1, 0.15) is 69.3 Å². The van der Waals surface area contributed by atoms with E-state index in [0.717, 1.165) is 61.1 Å². The maximum atomic E-state index is 6.37. The van der Waals surface area contributed by atoms with Crippen LogP contribution < -0.4 is 11.1 Å². The lowest BCUT2D eigenvalue weighted by Crippen LogP contribution is -2.58. The molecule has 1 saturated heterocycles. The van der Waals surface area contributed by atoms with Crippen LogP contribution in [0.2, 0.25) is 0 Å². The fraction of sp³-hybridized carbons (Fsp3) is 0.469. The van der Waals surface area contributed by atoms with Crippen molar-refractivity contribution in [2.45, 2.75) is 78.4 Å². The van der Waals surface area contributed by atoms with Crippen molar-refractivity contribution in [1.29, 1.82) is 0 Å². The number of rotatable bonds is 12. The zero-order valence-electron chi connectivity index (χ0n) is 24.3. The van der Waals surface area contributed by atoms with Gasteiger partial charge in [-0.15, -0.1) is 0 Å². The van der Waals surface area contributed by atoms with Crippen LogP contribution in [0.3, 0.4) is 0 Å². The summed E-state index contributed by atoms with van der Waals surface area (Å²) in [7, 11) is 2.03. The van der Waals surface area contributed by atoms with Crippen molar-refractivity contribution < 1.29 is 0 Å². The molecule has 7 nitrogen and oxygen atoms in total. The number of likely N-dealkylation sites (tertiary alicyclic amines) is 1. The minimum absolute atomic E-state index is 0.257. The average molecular weight is 528 g/mol. The third kappa shape index (κ3) is 7.22. The van der Waals surface area contributed by atoms with Crippen molar-refractivity contribution in [2.24, 2.45) is 10.4 Å². The van der Waals surface area contributed by atoms with E-state index in [2.05, 4.69) is 96.3 Å². The first kappa shape index (κ1) is 28.7. The summed E-state index contributed by atoms with van der Waals surface area (Å²) < 4.78 is 1.90. The lowest BCUT2D eigenvalue weighted by Gasteiger charge is -2.49. The summed E-state index contributed by atoms with van der Waals surface area (Å²) in [5.74, 6) is 0. The molecule has 0 aromatic carbocycles. The van der Waals surface area contributed by atoms with E-state index < -0.39 is 0 Å². The van der Waals surface area contributed by atoms with E-state index in [-0.39, 0.29) is 5.41 Å². The maximum absolute atomic E-state index is 6.37. The Hall–Kier alpha value is -3.29. The van der Waals surface area contributed by atoms with E-state index in [1.165, 1.54) is 17.5 Å². The first-order chi connectivity index (χ1) is 18.7. The van der Waals surface area contributed by atoms with E-state index in [1.54, 1.807) is 6.20 Å². The number of aliphatic imine (C=N–C) groups is 1. The van der Waals surface area contributed by atoms with Crippen LogP contribution in [0.4, 0.5) is 5.69 Å². The van der Waals surface area contributed by atoms with Gasteiger partial charge in [-0.3, -0.25) is 14.9 Å². The lowest BCUT2D eigenvalue weighted by molar-refractivity contribution is 0.0100. The van der Waals surface area contributed by atoms with Crippen LogP contribution in [0, 0.1) is 5.41 Å². The van der Waals surface area contributed by atoms with E-state index in [4.69, 9.17) is 5.73 Å². The van der Waals surface area contributed by atoms with Crippen LogP contribution in [-0.2, 0) is 19.4 Å². The summed E-state index contributed by atoms with van der Waals surface area (Å²) >= 11 is 0. The molecule has 208 valence electrons. The molecule has 2 unspecified atom stereocenters. The van der Waals surface area contributed by atoms with Gasteiger partial charge in [0.25, 0.3) is 0 Å². The van der Waals surface area contributed by atoms with Crippen LogP contribution in [0.15, 0.2) is 60.1 Å². The molecule has 0 bridgehead atoms. The van der Waals surface area contributed by atoms with Crippen molar-refractivity contribution in [3.8, 4) is 0 Å². The monoisotopic (exact) mass is 527 g/mol. The summed E-state index contributed by atoms with van der Waals surface area (Å²) in [6.45, 7) is 14.6. The number of anilines is 1. The minimum Gasteiger partial charge on any atom is -0.396 e. The van der Waals surface area contributed by atoms with Crippen molar-refractivity contribution in [3.05, 3.63) is 77.5 Å². The molecule has 1 aliphatic rings. The maximum Gasteiger partial charge on any atom is 0.0970 e. The predicted molar refractivity (Wildman–Crippen MR) is 164 cm³/mol. The van der Waals surface area contributed by atoms with Gasteiger partial charge in [-0.05, 0) is 74.5 Å². The number of nitrogens with two attached hydrogens (primary N) is 1. The molecule has 0 radical (unpaired) electrons. The number of allylic oxidation sites excluding steroid dienone is 2. The highest BCUT2D eigenvalue weighted by atomic mass is 15.3. The fourth-order valence-corrected chi connectivity index (χ4v) is 5.37. The number of hydrogen-bond acceptors (Lipinski definition) is 6. The first-order valence-corrected chi connectivity index (χ1v) is 14.1. The smallest absolute Gasteiger partial charge is 0.0970 e. The van der Waals surface area contributed by atoms with Crippen molar-refractivity contribution >= 4 is 23.5 Å². The highest BCUT2D eigenvalue weighted by Crippen LogP contribution is 2.32. The van der Waals surface area contributed by atoms with Crippen LogP contribution in [-0.4, -0.2) is 51.9 Å². The molecule has 39 heavy (non-hydrogen) atoms. The van der Waals surface area contributed by atoms with Crippen molar-refractivity contribution in [2.75, 3.05) is 19.3 Å². The van der Waals surface area contributed by atoms with Crippen LogP contribution >= 0.6 is 0 Å². The number of aryl methyl sites for hydroxylation is 2. The van der Waals surface area contributed by atoms with Gasteiger partial charge in [0.1, 0.15) is 0 Å². The van der Waals surface area contributed by atoms with E-state index in [1.807, 2.05) is 24.0 Å². The lowest BCUT2D eigenvalue weighted by atomic mass is 9.88. The molecule has 0 saturated carbocycles. The van der Waals surface area contributed by atoms with Crippen molar-refractivity contribution in [3.63, 3.8) is 0 Å². The molecular formula is C32H45N7. The molecule has 2 atom stereocenters. The zero-order chi connectivity index (χ0) is 28.0. The van der Waals surface area contributed by atoms with Gasteiger partial charge in [-0.2, -0.15) is 5.10 Å². The van der Waals surface area contributed by atoms with Gasteiger partial charge >= 0.3 is 0 Å². The molecule has 3 aromatic rings. The molecule has 0 amide bonds. The summed E-state index contributed by atoms with van der Waals surface area (Å²) in [5, 5.41) is 7.88. The first-order valence-electron chi connectivity index (χ1n) is 14.1. The second kappa shape index (κ2) is 12.7. The van der Waals surface area contributed by atoms with Crippen LogP contribution in [0.5, 0.6) is 0 Å². The molecule has 4 heterocycles. The quantitative estimate of drug-likeness (QED) is 0.233. The largest absolute Gasteiger partial charge is 0.396 e. The molecule has 1 aliphatic heterocycles. The Kier molecular flexibility index (Phi) is 9.36. The third-order valence-corrected chi connectivity index (χ3v) is 7.64. The number of fused-ring (bicyclic) bond motifs is 1. The Labute approximate surface area is 233 Å². The normalized spacial score (nSPS) is 18.6. The molecule has 1 fully saturated rings. The Bertz CT molecular complexity index is 1310. The second-order valence-electron chi connectivity index (χ2n) is 11.9. The second-order valence-corrected chi connectivity index (χ2v) is 11.9. The summed E-state index contributed by atoms with van der Waals surface area (Å²) in [6, 6.07) is 7.63. The molecule has 0 spiro atoms. The Balaban J connectivity index is 1.53. The summed E-state index contributed by atoms with van der Waals surface area (Å²) in [4.78, 5) is 11.3. The van der Waals surface area contributed by atoms with Crippen LogP contribution in [0.25, 0.3) is 11.1 Å². The fourth-order valence-electron chi connectivity index (χ4n) is 5.37. The Morgan fingerprint density at radius 2 is 2.05 bits per heavy atom. The van der Waals surface area contributed by atoms with Gasteiger partial charge in [-0.1, -0.05) is 45.9 Å². The van der Waals surface area contributed by atoms with E-state index >= 15 is 0 Å². The molecule has 7 heteroatoms. The topological polar surface area (TPSA) is 83.8 Å². The van der Waals surface area contributed by atoms with Gasteiger partial charge < -0.3 is 11.1 Å². The van der Waals surface area contributed by atoms with E-state index in [0.29, 0.717) is 17.8 Å². The summed E-state index contributed by atoms with van der Waals surface area (Å²) in [6.07, 6.45) is 17.3. The standard InChI is InChI=1S/C32H45N7/c1-7-26-12-11-24(17-36-26)21-38-27(16-28(38)19-35-6)10-8-9-25(18-34-5)29-15-23(13-14-32(2,3)4)22-39-31(29)30(33)20-37-39/h8-9,11-12,15,17-18,20,22,27-28,35H,5,7,10,13-14,16,19,21,33H2,1-4,6H3/b9-8-,25-18+. The Morgan fingerprint density at radius 1 is 1.23 bits per heavy atom. The van der Waals surface area contributed by atoms with Crippen molar-refractivity contribution in [1.82, 2.24) is 24.8 Å². The SMILES string of the molecule is C=N/C=C(\C=C/CC1CC(CNC)N1Cc1ccc(CC)nc1)c1cc(CCC(C)(C)C)cn2ncc(N)c12. The Morgan fingerprint density at radius 3 is 2.72 bits per heavy atom. The van der Waals surface area contributed by atoms with Gasteiger partial charge in [-0.25, -0.2) is 4.52 Å². The molecule has 0 aliphatic carbocycles. The molecule has 3 aromatic heterocycles. The number of aromatic nitrogens is 3. The summed E-state index contributed by atoms with van der Waals surface area (Å²) in [5.41, 5.74) is 13.9. The zero-order valence-corrected chi connectivity index (χ0v) is 24.3. The number of nitrogens with zero attached hydrogens (tertiary/aromatic N) is 5. The molecule has 4 rings (SSSR count). The number of hydrogen-bond donors (Lipinski definition) is 2. The van der Waals surface area contributed by atoms with Gasteiger partial charge in [0, 0.05) is 60.6 Å². The highest BCUT2D eigenvalue weighted by Gasteiger charge is 2.36. The third-order valence-electron chi connectivity index (χ3n) is 7.64. The molecular weight excluding hydrogens is 482 g/mol. The van der Waals surface area contributed by atoms with Gasteiger partial charge in [0.05, 0.1) is 17.4 Å².